The molecule has 0 amide bonds. The summed E-state index contributed by atoms with van der Waals surface area (Å²) in [6, 6.07) is 9.44. The molecule has 1 aromatic rings. The number of hydrogen-bond donors (Lipinski definition) is 1. The standard InChI is InChI=1S/C15H23NO4/c1-4-20-14(17)15(16-2,12-19-11-10-18-3)13-8-6-5-7-9-13/h5-9,16H,4,10-12H2,1-3H3. The Kier molecular flexibility index (Phi) is 7.22. The van der Waals surface area contributed by atoms with Gasteiger partial charge in [-0.15, -0.1) is 0 Å². The van der Waals surface area contributed by atoms with E-state index in [-0.39, 0.29) is 12.6 Å². The Morgan fingerprint density at radius 1 is 1.25 bits per heavy atom. The van der Waals surface area contributed by atoms with E-state index in [1.165, 1.54) is 0 Å². The average molecular weight is 281 g/mol. The smallest absolute Gasteiger partial charge is 0.333 e. The minimum absolute atomic E-state index is 0.190. The van der Waals surface area contributed by atoms with Gasteiger partial charge in [0.15, 0.2) is 5.54 Å². The molecule has 5 nitrogen and oxygen atoms in total. The summed E-state index contributed by atoms with van der Waals surface area (Å²) in [5, 5.41) is 3.05. The van der Waals surface area contributed by atoms with E-state index in [9.17, 15) is 4.79 Å². The van der Waals surface area contributed by atoms with E-state index in [4.69, 9.17) is 14.2 Å². The third-order valence-electron chi connectivity index (χ3n) is 3.07. The van der Waals surface area contributed by atoms with Crippen LogP contribution in [0.3, 0.4) is 0 Å². The van der Waals surface area contributed by atoms with Gasteiger partial charge in [-0.2, -0.15) is 0 Å². The number of esters is 1. The van der Waals surface area contributed by atoms with Crippen molar-refractivity contribution in [2.24, 2.45) is 0 Å². The molecule has 0 heterocycles. The van der Waals surface area contributed by atoms with Crippen LogP contribution in [0.2, 0.25) is 0 Å². The van der Waals surface area contributed by atoms with E-state index < -0.39 is 5.54 Å². The fourth-order valence-corrected chi connectivity index (χ4v) is 1.92. The van der Waals surface area contributed by atoms with Gasteiger partial charge in [-0.1, -0.05) is 30.3 Å². The topological polar surface area (TPSA) is 56.8 Å². The molecule has 0 aliphatic carbocycles. The molecule has 0 fully saturated rings. The van der Waals surface area contributed by atoms with Crippen LogP contribution in [-0.2, 0) is 24.5 Å². The number of hydrogen-bond acceptors (Lipinski definition) is 5. The fourth-order valence-electron chi connectivity index (χ4n) is 1.92. The van der Waals surface area contributed by atoms with Crippen molar-refractivity contribution in [1.29, 1.82) is 0 Å². The van der Waals surface area contributed by atoms with Gasteiger partial charge in [0.1, 0.15) is 0 Å². The molecule has 0 saturated heterocycles. The molecule has 1 unspecified atom stereocenters. The van der Waals surface area contributed by atoms with Gasteiger partial charge in [0, 0.05) is 7.11 Å². The van der Waals surface area contributed by atoms with E-state index in [1.807, 2.05) is 30.3 Å². The Morgan fingerprint density at radius 3 is 2.50 bits per heavy atom. The Bertz CT molecular complexity index is 396. The van der Waals surface area contributed by atoms with Crippen LogP contribution in [0.5, 0.6) is 0 Å². The van der Waals surface area contributed by atoms with Crippen LogP contribution in [0.4, 0.5) is 0 Å². The van der Waals surface area contributed by atoms with Crippen molar-refractivity contribution >= 4 is 5.97 Å². The Balaban J connectivity index is 2.94. The van der Waals surface area contributed by atoms with E-state index >= 15 is 0 Å². The second kappa shape index (κ2) is 8.68. The van der Waals surface area contributed by atoms with Crippen LogP contribution < -0.4 is 5.32 Å². The predicted octanol–water partition coefficient (Wildman–Crippen LogP) is 1.33. The number of likely N-dealkylation sites (N-methyl/N-ethyl adjacent to an activating group) is 1. The van der Waals surface area contributed by atoms with Crippen molar-refractivity contribution < 1.29 is 19.0 Å². The molecule has 1 rings (SSSR count). The Labute approximate surface area is 120 Å². The molecule has 0 aliphatic heterocycles. The van der Waals surface area contributed by atoms with Gasteiger partial charge in [0.2, 0.25) is 0 Å². The second-order valence-electron chi connectivity index (χ2n) is 4.29. The maximum Gasteiger partial charge on any atom is 0.333 e. The number of carbonyl (C=O) groups excluding carboxylic acids is 1. The van der Waals surface area contributed by atoms with Crippen molar-refractivity contribution in [2.45, 2.75) is 12.5 Å². The third-order valence-corrected chi connectivity index (χ3v) is 3.07. The molecule has 5 heteroatoms. The van der Waals surface area contributed by atoms with Crippen LogP contribution >= 0.6 is 0 Å². The fraction of sp³-hybridized carbons (Fsp3) is 0.533. The first kappa shape index (κ1) is 16.6. The summed E-state index contributed by atoms with van der Waals surface area (Å²) >= 11 is 0. The molecular weight excluding hydrogens is 258 g/mol. The molecular formula is C15H23NO4. The summed E-state index contributed by atoms with van der Waals surface area (Å²) in [5.41, 5.74) is -0.177. The normalized spacial score (nSPS) is 13.8. The molecule has 1 atom stereocenters. The van der Waals surface area contributed by atoms with Gasteiger partial charge in [-0.25, -0.2) is 4.79 Å². The van der Waals surface area contributed by atoms with Crippen molar-refractivity contribution in [3.05, 3.63) is 35.9 Å². The molecule has 0 aromatic heterocycles. The molecule has 0 aliphatic rings. The predicted molar refractivity (Wildman–Crippen MR) is 76.5 cm³/mol. The third kappa shape index (κ3) is 4.03. The monoisotopic (exact) mass is 281 g/mol. The number of carbonyl (C=O) groups is 1. The lowest BCUT2D eigenvalue weighted by Gasteiger charge is -2.31. The van der Waals surface area contributed by atoms with Crippen molar-refractivity contribution in [3.8, 4) is 0 Å². The van der Waals surface area contributed by atoms with E-state index in [0.29, 0.717) is 19.8 Å². The summed E-state index contributed by atoms with van der Waals surface area (Å²) in [6.45, 7) is 3.21. The zero-order valence-electron chi connectivity index (χ0n) is 12.3. The molecule has 112 valence electrons. The first-order valence-electron chi connectivity index (χ1n) is 6.69. The van der Waals surface area contributed by atoms with E-state index in [1.54, 1.807) is 21.1 Å². The maximum absolute atomic E-state index is 12.4. The maximum atomic E-state index is 12.4. The minimum Gasteiger partial charge on any atom is -0.464 e. The second-order valence-corrected chi connectivity index (χ2v) is 4.29. The van der Waals surface area contributed by atoms with E-state index in [2.05, 4.69) is 5.32 Å². The van der Waals surface area contributed by atoms with Crippen LogP contribution in [-0.4, -0.2) is 46.6 Å². The van der Waals surface area contributed by atoms with Crippen LogP contribution in [0.25, 0.3) is 0 Å². The highest BCUT2D eigenvalue weighted by atomic mass is 16.5. The molecule has 20 heavy (non-hydrogen) atoms. The van der Waals surface area contributed by atoms with Gasteiger partial charge < -0.3 is 14.2 Å². The van der Waals surface area contributed by atoms with Crippen molar-refractivity contribution in [2.75, 3.05) is 40.6 Å². The quantitative estimate of drug-likeness (QED) is 0.546. The number of methoxy groups -OCH3 is 1. The van der Waals surface area contributed by atoms with Gasteiger partial charge in [0.05, 0.1) is 26.4 Å². The zero-order valence-corrected chi connectivity index (χ0v) is 12.3. The molecule has 1 N–H and O–H groups in total. The lowest BCUT2D eigenvalue weighted by atomic mass is 9.91. The minimum atomic E-state index is -0.995. The summed E-state index contributed by atoms with van der Waals surface area (Å²) in [7, 11) is 3.33. The average Bonchev–Trinajstić information content (AvgIpc) is 2.49. The SMILES string of the molecule is CCOC(=O)C(COCCOC)(NC)c1ccccc1. The van der Waals surface area contributed by atoms with Crippen LogP contribution in [0.1, 0.15) is 12.5 Å². The number of benzene rings is 1. The largest absolute Gasteiger partial charge is 0.464 e. The summed E-state index contributed by atoms with van der Waals surface area (Å²) in [6.07, 6.45) is 0. The highest BCUT2D eigenvalue weighted by Crippen LogP contribution is 2.23. The Hall–Kier alpha value is -1.43. The molecule has 0 spiro atoms. The van der Waals surface area contributed by atoms with Crippen LogP contribution in [0.15, 0.2) is 30.3 Å². The summed E-state index contributed by atoms with van der Waals surface area (Å²) < 4.78 is 15.7. The van der Waals surface area contributed by atoms with E-state index in [0.717, 1.165) is 5.56 Å². The van der Waals surface area contributed by atoms with Gasteiger partial charge >= 0.3 is 5.97 Å². The lowest BCUT2D eigenvalue weighted by molar-refractivity contribution is -0.155. The lowest BCUT2D eigenvalue weighted by Crippen LogP contribution is -2.52. The number of ether oxygens (including phenoxy) is 3. The molecule has 1 aromatic carbocycles. The zero-order chi connectivity index (χ0) is 14.8. The first-order valence-corrected chi connectivity index (χ1v) is 6.69. The van der Waals surface area contributed by atoms with Gasteiger partial charge in [0.25, 0.3) is 0 Å². The molecule has 0 radical (unpaired) electrons. The first-order chi connectivity index (χ1) is 9.71. The van der Waals surface area contributed by atoms with Gasteiger partial charge in [-0.3, -0.25) is 5.32 Å². The highest BCUT2D eigenvalue weighted by Gasteiger charge is 2.40. The summed E-state index contributed by atoms with van der Waals surface area (Å²) in [5.74, 6) is -0.342. The number of nitrogens with one attached hydrogen (secondary N) is 1. The van der Waals surface area contributed by atoms with Crippen molar-refractivity contribution in [3.63, 3.8) is 0 Å². The van der Waals surface area contributed by atoms with Gasteiger partial charge in [-0.05, 0) is 19.5 Å². The molecule has 0 bridgehead atoms. The highest BCUT2D eigenvalue weighted by molar-refractivity contribution is 5.83. The van der Waals surface area contributed by atoms with Crippen molar-refractivity contribution in [1.82, 2.24) is 5.32 Å². The Morgan fingerprint density at radius 2 is 1.95 bits per heavy atom. The van der Waals surface area contributed by atoms with Crippen LogP contribution in [0, 0.1) is 0 Å². The summed E-state index contributed by atoms with van der Waals surface area (Å²) in [4.78, 5) is 12.4. The molecule has 0 saturated carbocycles. The number of rotatable bonds is 9.